The molecule has 6 heterocycles. The number of aromatic nitrogens is 10. The van der Waals surface area contributed by atoms with Crippen molar-refractivity contribution in [3.63, 3.8) is 0 Å². The molecule has 0 fully saturated rings. The molecule has 0 saturated heterocycles. The van der Waals surface area contributed by atoms with E-state index >= 15 is 0 Å². The fraction of sp³-hybridized carbons (Fsp3) is 0.193. The molecule has 0 atom stereocenters. The number of hydroxylamine groups is 2. The number of ether oxygens (including phenoxy) is 6. The number of aliphatic imine (C=N–C) groups is 1. The van der Waals surface area contributed by atoms with E-state index in [1.54, 1.807) is 130 Å². The smallest absolute Gasteiger partial charge is 0.275 e. The van der Waals surface area contributed by atoms with E-state index in [0.29, 0.717) is 122 Å². The van der Waals surface area contributed by atoms with Gasteiger partial charge in [0.15, 0.2) is 0 Å². The van der Waals surface area contributed by atoms with Crippen LogP contribution in [0.1, 0.15) is 90.2 Å². The van der Waals surface area contributed by atoms with Crippen LogP contribution >= 0.6 is 0 Å². The number of carbonyl (C=O) groups is 6. The van der Waals surface area contributed by atoms with Crippen LogP contribution in [0.25, 0.3) is 76.7 Å². The maximum atomic E-state index is 12.2. The highest BCUT2D eigenvalue weighted by Crippen LogP contribution is 2.36. The number of imidazole rings is 5. The lowest BCUT2D eigenvalue weighted by molar-refractivity contribution is 0.0704. The van der Waals surface area contributed by atoms with E-state index in [-0.39, 0.29) is 23.6 Å². The summed E-state index contributed by atoms with van der Waals surface area (Å²) in [6.45, 7) is 9.13. The molecule has 768 valence electrons. The predicted octanol–water partition coefficient (Wildman–Crippen LogP) is 18.9. The predicted molar refractivity (Wildman–Crippen MR) is 588 cm³/mol. The lowest BCUT2D eigenvalue weighted by Crippen LogP contribution is -2.19. The van der Waals surface area contributed by atoms with Crippen LogP contribution in [0.15, 0.2) is 296 Å². The highest BCUT2D eigenvalue weighted by Gasteiger charge is 2.24. The Balaban J connectivity index is 0.000000135. The van der Waals surface area contributed by atoms with Gasteiger partial charge in [-0.05, 0) is 215 Å². The van der Waals surface area contributed by atoms with Crippen molar-refractivity contribution < 1.29 is 67.6 Å². The number of H-pyrrole nitrogens is 1. The molecule has 150 heavy (non-hydrogen) atoms. The molecule has 36 nitrogen and oxygen atoms in total. The van der Waals surface area contributed by atoms with Crippen molar-refractivity contribution >= 4 is 176 Å². The summed E-state index contributed by atoms with van der Waals surface area (Å²) in [4.78, 5) is 102. The second-order valence-electron chi connectivity index (χ2n) is 34.4. The summed E-state index contributed by atoms with van der Waals surface area (Å²) < 4.78 is 40.1. The van der Waals surface area contributed by atoms with Gasteiger partial charge in [0.1, 0.15) is 34.2 Å². The van der Waals surface area contributed by atoms with Crippen LogP contribution in [-0.2, 0) is 58.0 Å². The zero-order valence-electron chi connectivity index (χ0n) is 85.0. The van der Waals surface area contributed by atoms with E-state index in [0.717, 1.165) is 140 Å². The monoisotopic (exact) mass is 2020 g/mol. The molecule has 19 aromatic rings. The molecular weight excluding hydrogens is 1900 g/mol. The van der Waals surface area contributed by atoms with Crippen molar-refractivity contribution in [2.75, 3.05) is 124 Å². The topological polar surface area (TPSA) is 443 Å². The van der Waals surface area contributed by atoms with E-state index in [4.69, 9.17) is 48.8 Å². The number of para-hydroxylation sites is 8. The number of amides is 6. The summed E-state index contributed by atoms with van der Waals surface area (Å²) in [6, 6.07) is 91.5. The number of amidine groups is 1. The van der Waals surface area contributed by atoms with E-state index in [2.05, 4.69) is 114 Å². The Morgan fingerprint density at radius 1 is 0.360 bits per heavy atom. The zero-order valence-corrected chi connectivity index (χ0v) is 85.0. The number of hydrogen-bond acceptors (Lipinski definition) is 25. The normalized spacial score (nSPS) is 11.1. The Bertz CT molecular complexity index is 8000. The summed E-state index contributed by atoms with van der Waals surface area (Å²) in [5.74, 6) is 4.35. The van der Waals surface area contributed by atoms with Crippen LogP contribution in [0.3, 0.4) is 0 Å². The van der Waals surface area contributed by atoms with Crippen molar-refractivity contribution in [2.24, 2.45) is 4.99 Å². The first-order chi connectivity index (χ1) is 73.1. The Kier molecular flexibility index (Phi) is 36.1. The van der Waals surface area contributed by atoms with Gasteiger partial charge in [-0.2, -0.15) is 0 Å². The first-order valence-corrected chi connectivity index (χ1v) is 48.2. The maximum Gasteiger partial charge on any atom is 0.275 e. The van der Waals surface area contributed by atoms with Gasteiger partial charge in [-0.15, -0.1) is 0 Å². The summed E-state index contributed by atoms with van der Waals surface area (Å²) in [5, 5.41) is 48.4. The number of aromatic amines is 1. The molecule has 5 aromatic heterocycles. The van der Waals surface area contributed by atoms with Gasteiger partial charge in [0, 0.05) is 152 Å². The molecular formula is C114H118N22O14. The molecule has 14 N–H and O–H groups in total. The lowest BCUT2D eigenvalue weighted by Gasteiger charge is -2.12. The Hall–Kier alpha value is -18.2. The first-order valence-electron chi connectivity index (χ1n) is 48.2. The number of anilines is 9. The SMILES string of the molecule is CNC(=O)c1cccc(NC2=Nc3cc(C)c(C)cc3C2)c1.CNC(=O)c1cccc(Nc2nc3c(OC)cccc3n2CCOC)c1.CNC(=O)c1cccc(Nc2nc3cccc(OC)c3n2CCOC)c1.CNC(=O)c1cccc(Nc2nc3ccccc3n2CCOC)c1.COCCn1c(Cc2cc(C(=O)NO)c3ccccc3c2)nc2ccccc21.O=C(NO)c1cc(Nc2nc3ccccc3[nH]2)cc2ccccc12. The molecule has 0 spiro atoms. The Labute approximate surface area is 865 Å². The van der Waals surface area contributed by atoms with Gasteiger partial charge < -0.3 is 99.5 Å². The number of hydrogen-bond donors (Lipinski definition) is 14. The van der Waals surface area contributed by atoms with Crippen molar-refractivity contribution in [1.82, 2.24) is 80.4 Å². The molecule has 6 amide bonds. The number of benzene rings is 14. The highest BCUT2D eigenvalue weighted by atomic mass is 16.5. The molecule has 36 heteroatoms. The maximum absolute atomic E-state index is 12.2. The number of carbonyl (C=O) groups excluding carboxylic acids is 6. The fourth-order valence-corrected chi connectivity index (χ4v) is 17.2. The van der Waals surface area contributed by atoms with Gasteiger partial charge in [-0.1, -0.05) is 133 Å². The molecule has 0 radical (unpaired) electrons. The fourth-order valence-electron chi connectivity index (χ4n) is 17.2. The number of rotatable bonds is 31. The lowest BCUT2D eigenvalue weighted by atomic mass is 9.98. The van der Waals surface area contributed by atoms with Crippen molar-refractivity contribution in [1.29, 1.82) is 0 Å². The molecule has 0 bridgehead atoms. The van der Waals surface area contributed by atoms with Gasteiger partial charge in [-0.25, -0.2) is 40.9 Å². The number of aryl methyl sites for hydroxylation is 2. The number of nitrogens with zero attached hydrogens (tertiary/aromatic N) is 10. The average Bonchev–Trinajstić information content (AvgIpc) is 1.62. The molecule has 1 aliphatic rings. The Morgan fingerprint density at radius 2 is 0.780 bits per heavy atom. The first kappa shape index (κ1) is 106. The average molecular weight is 2020 g/mol. The third kappa shape index (κ3) is 25.8. The number of nitrogens with one attached hydrogen (secondary N) is 12. The third-order valence-electron chi connectivity index (χ3n) is 24.6. The van der Waals surface area contributed by atoms with Gasteiger partial charge >= 0.3 is 0 Å². The summed E-state index contributed by atoms with van der Waals surface area (Å²) in [6.07, 6.45) is 1.36. The summed E-state index contributed by atoms with van der Waals surface area (Å²) in [5.41, 5.74) is 25.6. The second-order valence-corrected chi connectivity index (χ2v) is 34.4. The molecule has 0 aliphatic carbocycles. The highest BCUT2D eigenvalue weighted by molar-refractivity contribution is 6.10. The van der Waals surface area contributed by atoms with Crippen LogP contribution in [0.4, 0.5) is 57.9 Å². The largest absolute Gasteiger partial charge is 0.494 e. The molecule has 14 aromatic carbocycles. The second kappa shape index (κ2) is 51.0. The van der Waals surface area contributed by atoms with Crippen LogP contribution < -0.4 is 68.3 Å². The van der Waals surface area contributed by atoms with Crippen molar-refractivity contribution in [3.05, 3.63) is 353 Å². The van der Waals surface area contributed by atoms with E-state index in [1.807, 2.05) is 234 Å². The van der Waals surface area contributed by atoms with Gasteiger partial charge in [0.25, 0.3) is 35.4 Å². The van der Waals surface area contributed by atoms with Crippen LogP contribution in [0, 0.1) is 13.8 Å². The minimum atomic E-state index is -0.556. The van der Waals surface area contributed by atoms with Gasteiger partial charge in [0.05, 0.1) is 96.0 Å². The van der Waals surface area contributed by atoms with Crippen molar-refractivity contribution in [3.8, 4) is 11.5 Å². The quantitative estimate of drug-likeness (QED) is 0.0142. The summed E-state index contributed by atoms with van der Waals surface area (Å²) in [7, 11) is 16.4. The molecule has 20 rings (SSSR count). The molecule has 0 unspecified atom stereocenters. The van der Waals surface area contributed by atoms with Crippen LogP contribution in [-0.4, -0.2) is 197 Å². The summed E-state index contributed by atoms with van der Waals surface area (Å²) >= 11 is 0. The van der Waals surface area contributed by atoms with Gasteiger partial charge in [-0.3, -0.25) is 39.2 Å². The Morgan fingerprint density at radius 3 is 1.31 bits per heavy atom. The van der Waals surface area contributed by atoms with Crippen LogP contribution in [0.2, 0.25) is 0 Å². The molecule has 1 aliphatic heterocycles. The standard InChI is InChI=1S/C22H21N3O3.2C19H22N4O3.C18H14N4O2.C18H20N4O2.C18H19N3O/c1-28-11-10-25-20-9-5-4-8-19(20)23-21(25)14-15-12-16-6-2-3-7-17(16)18(13-15)22(26)24-27;1-20-18(24)13-6-4-7-14(12-13)21-19-22-17-15(23(19)10-11-25-2)8-5-9-16(17)26-3;1-20-18(24)13-6-4-7-14(12-13)21-19-22-15-8-5-9-16(26-3)17(15)23(19)10-11-25-2;23-17(22-24)14-10-12(9-11-5-1-2-6-13(11)14)19-18-20-15-7-3-4-8-16(15)21-18;1-19-17(23)13-6-5-7-14(12-13)20-18-21-15-8-3-4-9-16(15)22(18)10-11-24-2;1-11-7-14-10-17(21-16(14)8-12(11)2)20-15-6-4-5-13(9-15)18(22)19-3/h2-9,12-13,27H,10-11,14H2,1H3,(H,24,26);2*4-9,12H,10-11H2,1-3H3,(H,20,24)(H,21,22);1-10,24H,(H,22,23)(H2,19,20,21);3-9,12H,10-11H2,1-2H3,(H,19,23)(H,20,21);4-9H,10H2,1-3H3,(H,19,22)(H,20,21). The third-order valence-corrected chi connectivity index (χ3v) is 24.6. The minimum absolute atomic E-state index is 0.0912. The van der Waals surface area contributed by atoms with E-state index in [9.17, 15) is 28.8 Å². The number of fused-ring (bicyclic) bond motifs is 8. The van der Waals surface area contributed by atoms with Crippen molar-refractivity contribution in [2.45, 2.75) is 52.9 Å². The van der Waals surface area contributed by atoms with Crippen LogP contribution in [0.5, 0.6) is 11.5 Å². The number of methoxy groups -OCH3 is 6. The minimum Gasteiger partial charge on any atom is -0.494 e. The van der Waals surface area contributed by atoms with Gasteiger partial charge in [0.2, 0.25) is 23.8 Å². The molecule has 0 saturated carbocycles. The zero-order chi connectivity index (χ0) is 106. The van der Waals surface area contributed by atoms with E-state index in [1.165, 1.54) is 16.7 Å². The van der Waals surface area contributed by atoms with E-state index < -0.39 is 11.8 Å².